The van der Waals surface area contributed by atoms with E-state index < -0.39 is 0 Å². The molecule has 1 heterocycles. The van der Waals surface area contributed by atoms with E-state index in [0.717, 1.165) is 5.56 Å². The van der Waals surface area contributed by atoms with Gasteiger partial charge in [0.25, 0.3) is 0 Å². The maximum absolute atomic E-state index is 11.3. The Morgan fingerprint density at radius 2 is 2.00 bits per heavy atom. The van der Waals surface area contributed by atoms with Crippen molar-refractivity contribution >= 4 is 11.7 Å². The number of amidine groups is 1. The molecule has 0 bridgehead atoms. The third kappa shape index (κ3) is 1.98. The average molecular weight is 218 g/mol. The van der Waals surface area contributed by atoms with Crippen LogP contribution in [0.15, 0.2) is 29.4 Å². The quantitative estimate of drug-likeness (QED) is 0.471. The Morgan fingerprint density at radius 3 is 2.62 bits per heavy atom. The normalized spacial score (nSPS) is 22.7. The summed E-state index contributed by atoms with van der Waals surface area (Å²) in [5, 5.41) is 3.65. The monoisotopic (exact) mass is 218 g/mol. The summed E-state index contributed by atoms with van der Waals surface area (Å²) in [6.07, 6.45) is 0.367. The molecule has 16 heavy (non-hydrogen) atoms. The number of benzene rings is 1. The summed E-state index contributed by atoms with van der Waals surface area (Å²) >= 11 is 0. The van der Waals surface area contributed by atoms with Gasteiger partial charge in [-0.05, 0) is 12.5 Å². The Bertz CT molecular complexity index is 424. The van der Waals surface area contributed by atoms with E-state index in [1.807, 2.05) is 31.2 Å². The summed E-state index contributed by atoms with van der Waals surface area (Å²) in [4.78, 5) is 11.3. The molecule has 1 aromatic carbocycles. The van der Waals surface area contributed by atoms with Gasteiger partial charge in [-0.3, -0.25) is 15.6 Å². The van der Waals surface area contributed by atoms with Gasteiger partial charge in [0.05, 0.1) is 5.92 Å². The van der Waals surface area contributed by atoms with Crippen LogP contribution in [0, 0.1) is 6.92 Å². The van der Waals surface area contributed by atoms with Crippen molar-refractivity contribution in [3.63, 3.8) is 0 Å². The standard InChI is InChI=1S/C11H14N4O/c1-7-2-4-8(5-3-7)9-6-10(16)14-15-11(9)13-12/h2-5,9H,6,12H2,1H3,(H,13,15)(H,14,16)/t9-/m0/s1. The number of nitrogens with zero attached hydrogens (tertiary/aromatic N) is 1. The molecule has 0 spiro atoms. The second kappa shape index (κ2) is 4.22. The highest BCUT2D eigenvalue weighted by atomic mass is 16.2. The van der Waals surface area contributed by atoms with E-state index in [1.165, 1.54) is 5.56 Å². The maximum Gasteiger partial charge on any atom is 0.239 e. The van der Waals surface area contributed by atoms with Crippen LogP contribution in [0.2, 0.25) is 0 Å². The van der Waals surface area contributed by atoms with Crippen molar-refractivity contribution in [2.24, 2.45) is 10.9 Å². The Balaban J connectivity index is 2.29. The van der Waals surface area contributed by atoms with Gasteiger partial charge >= 0.3 is 0 Å². The molecule has 1 saturated heterocycles. The van der Waals surface area contributed by atoms with Crippen LogP contribution in [0.5, 0.6) is 0 Å². The van der Waals surface area contributed by atoms with Crippen LogP contribution in [0.4, 0.5) is 0 Å². The van der Waals surface area contributed by atoms with Gasteiger partial charge in [-0.15, -0.1) is 0 Å². The first kappa shape index (κ1) is 10.5. The minimum atomic E-state index is -0.0839. The number of nitrogens with one attached hydrogen (secondary N) is 2. The number of amides is 1. The molecule has 0 saturated carbocycles. The summed E-state index contributed by atoms with van der Waals surface area (Å²) in [6.45, 7) is 2.02. The largest absolute Gasteiger partial charge is 0.322 e. The number of aryl methyl sites for hydroxylation is 1. The van der Waals surface area contributed by atoms with Crippen LogP contribution in [-0.4, -0.2) is 11.7 Å². The molecule has 1 amide bonds. The van der Waals surface area contributed by atoms with Crippen molar-refractivity contribution in [2.45, 2.75) is 19.3 Å². The molecule has 2 rings (SSSR count). The lowest BCUT2D eigenvalue weighted by Crippen LogP contribution is -2.50. The van der Waals surface area contributed by atoms with E-state index in [2.05, 4.69) is 16.0 Å². The predicted molar refractivity (Wildman–Crippen MR) is 61.4 cm³/mol. The minimum Gasteiger partial charge on any atom is -0.322 e. The SMILES string of the molecule is Cc1ccc([C@@H]2CC(=O)NN/C2=N/N)cc1. The summed E-state index contributed by atoms with van der Waals surface area (Å²) in [7, 11) is 0. The molecule has 5 heteroatoms. The van der Waals surface area contributed by atoms with Crippen molar-refractivity contribution in [2.75, 3.05) is 0 Å². The molecule has 1 aliphatic heterocycles. The van der Waals surface area contributed by atoms with E-state index in [1.54, 1.807) is 0 Å². The van der Waals surface area contributed by atoms with Gasteiger partial charge in [0, 0.05) is 6.42 Å². The zero-order chi connectivity index (χ0) is 11.5. The second-order valence-corrected chi connectivity index (χ2v) is 3.85. The molecule has 1 fully saturated rings. The molecular formula is C11H14N4O. The van der Waals surface area contributed by atoms with Gasteiger partial charge in [0.15, 0.2) is 0 Å². The fourth-order valence-electron chi connectivity index (χ4n) is 1.75. The van der Waals surface area contributed by atoms with Crippen molar-refractivity contribution in [1.82, 2.24) is 10.9 Å². The maximum atomic E-state index is 11.3. The topological polar surface area (TPSA) is 79.5 Å². The van der Waals surface area contributed by atoms with Crippen LogP contribution in [0.3, 0.4) is 0 Å². The first-order valence-corrected chi connectivity index (χ1v) is 5.10. The average Bonchev–Trinajstić information content (AvgIpc) is 2.30. The highest BCUT2D eigenvalue weighted by molar-refractivity contribution is 5.97. The smallest absolute Gasteiger partial charge is 0.239 e. The van der Waals surface area contributed by atoms with Gasteiger partial charge in [0.2, 0.25) is 5.91 Å². The first-order valence-electron chi connectivity index (χ1n) is 5.10. The van der Waals surface area contributed by atoms with Gasteiger partial charge in [-0.2, -0.15) is 5.10 Å². The van der Waals surface area contributed by atoms with Crippen molar-refractivity contribution in [3.8, 4) is 0 Å². The second-order valence-electron chi connectivity index (χ2n) is 3.85. The summed E-state index contributed by atoms with van der Waals surface area (Å²) in [6, 6.07) is 8.00. The molecule has 1 atom stereocenters. The lowest BCUT2D eigenvalue weighted by Gasteiger charge is -2.25. The Morgan fingerprint density at radius 1 is 1.31 bits per heavy atom. The number of carbonyl (C=O) groups excluding carboxylic acids is 1. The predicted octanol–water partition coefficient (Wildman–Crippen LogP) is 0.375. The lowest BCUT2D eigenvalue weighted by atomic mass is 9.92. The van der Waals surface area contributed by atoms with Crippen LogP contribution in [0.25, 0.3) is 0 Å². The van der Waals surface area contributed by atoms with Gasteiger partial charge in [0.1, 0.15) is 5.84 Å². The highest BCUT2D eigenvalue weighted by Gasteiger charge is 2.26. The summed E-state index contributed by atoms with van der Waals surface area (Å²) in [5.41, 5.74) is 7.42. The van der Waals surface area contributed by atoms with E-state index in [0.29, 0.717) is 12.3 Å². The van der Waals surface area contributed by atoms with Gasteiger partial charge in [-0.25, -0.2) is 0 Å². The van der Waals surface area contributed by atoms with Crippen LogP contribution >= 0.6 is 0 Å². The van der Waals surface area contributed by atoms with Crippen LogP contribution in [0.1, 0.15) is 23.5 Å². The molecule has 1 aromatic rings. The molecule has 5 nitrogen and oxygen atoms in total. The zero-order valence-electron chi connectivity index (χ0n) is 9.03. The number of nitrogens with two attached hydrogens (primary N) is 1. The molecule has 4 N–H and O–H groups in total. The fraction of sp³-hybridized carbons (Fsp3) is 0.273. The van der Waals surface area contributed by atoms with Gasteiger partial charge in [-0.1, -0.05) is 29.8 Å². The zero-order valence-corrected chi connectivity index (χ0v) is 9.03. The van der Waals surface area contributed by atoms with E-state index in [4.69, 9.17) is 5.84 Å². The third-order valence-electron chi connectivity index (χ3n) is 2.67. The molecule has 84 valence electrons. The number of carbonyl (C=O) groups is 1. The van der Waals surface area contributed by atoms with Crippen LogP contribution in [-0.2, 0) is 4.79 Å². The van der Waals surface area contributed by atoms with Crippen molar-refractivity contribution in [1.29, 1.82) is 0 Å². The molecule has 0 aromatic heterocycles. The first-order chi connectivity index (χ1) is 7.70. The van der Waals surface area contributed by atoms with E-state index in [-0.39, 0.29) is 11.8 Å². The molecule has 1 aliphatic rings. The summed E-state index contributed by atoms with van der Waals surface area (Å²) in [5.74, 6) is 5.73. The van der Waals surface area contributed by atoms with E-state index in [9.17, 15) is 4.79 Å². The van der Waals surface area contributed by atoms with Crippen molar-refractivity contribution in [3.05, 3.63) is 35.4 Å². The Labute approximate surface area is 93.7 Å². The van der Waals surface area contributed by atoms with E-state index >= 15 is 0 Å². The Hall–Kier alpha value is -2.04. The summed E-state index contributed by atoms with van der Waals surface area (Å²) < 4.78 is 0. The highest BCUT2D eigenvalue weighted by Crippen LogP contribution is 2.22. The molecule has 0 unspecified atom stereocenters. The Kier molecular flexibility index (Phi) is 2.76. The number of hydrogen-bond donors (Lipinski definition) is 3. The lowest BCUT2D eigenvalue weighted by molar-refractivity contribution is -0.122. The molecule has 0 radical (unpaired) electrons. The van der Waals surface area contributed by atoms with Crippen LogP contribution < -0.4 is 16.7 Å². The number of rotatable bonds is 1. The number of hydrazine groups is 1. The third-order valence-corrected chi connectivity index (χ3v) is 2.67. The number of hydrogen-bond acceptors (Lipinski definition) is 3. The molecule has 0 aliphatic carbocycles. The number of hydrazone groups is 1. The minimum absolute atomic E-state index is 0.0574. The molecular weight excluding hydrogens is 204 g/mol. The van der Waals surface area contributed by atoms with Gasteiger partial charge < -0.3 is 5.84 Å². The fourth-order valence-corrected chi connectivity index (χ4v) is 1.75. The van der Waals surface area contributed by atoms with Crippen molar-refractivity contribution < 1.29 is 4.79 Å².